The highest BCUT2D eigenvalue weighted by atomic mass is 16.1. The van der Waals surface area contributed by atoms with E-state index in [0.717, 1.165) is 23.4 Å². The second-order valence-electron chi connectivity index (χ2n) is 5.15. The Labute approximate surface area is 119 Å². The highest BCUT2D eigenvalue weighted by Crippen LogP contribution is 2.12. The predicted octanol–water partition coefficient (Wildman–Crippen LogP) is 2.32. The lowest BCUT2D eigenvalue weighted by molar-refractivity contribution is 0.0954. The van der Waals surface area contributed by atoms with Crippen molar-refractivity contribution in [1.82, 2.24) is 15.1 Å². The number of rotatable bonds is 4. The molecule has 1 heterocycles. The molecule has 0 fully saturated rings. The fourth-order valence-electron chi connectivity index (χ4n) is 2.37. The van der Waals surface area contributed by atoms with Gasteiger partial charge in [-0.2, -0.15) is 5.10 Å². The lowest BCUT2D eigenvalue weighted by Gasteiger charge is -2.06. The molecule has 4 nitrogen and oxygen atoms in total. The quantitative estimate of drug-likeness (QED) is 0.927. The minimum absolute atomic E-state index is 0.0205. The van der Waals surface area contributed by atoms with Gasteiger partial charge in [0.2, 0.25) is 0 Å². The van der Waals surface area contributed by atoms with E-state index in [1.54, 1.807) is 0 Å². The monoisotopic (exact) mass is 271 g/mol. The topological polar surface area (TPSA) is 46.9 Å². The first kappa shape index (κ1) is 14.3. The van der Waals surface area contributed by atoms with Crippen LogP contribution in [0.3, 0.4) is 0 Å². The molecule has 20 heavy (non-hydrogen) atoms. The Kier molecular flexibility index (Phi) is 4.23. The summed E-state index contributed by atoms with van der Waals surface area (Å²) < 4.78 is 1.88. The van der Waals surface area contributed by atoms with Gasteiger partial charge in [0.15, 0.2) is 0 Å². The van der Waals surface area contributed by atoms with Crippen LogP contribution in [0.4, 0.5) is 0 Å². The molecule has 0 unspecified atom stereocenters. The van der Waals surface area contributed by atoms with Gasteiger partial charge in [0.25, 0.3) is 5.91 Å². The molecule has 2 aromatic rings. The number of hydrogen-bond donors (Lipinski definition) is 1. The summed E-state index contributed by atoms with van der Waals surface area (Å²) in [5.41, 5.74) is 5.22. The molecule has 0 saturated heterocycles. The molecular weight excluding hydrogens is 250 g/mol. The van der Waals surface area contributed by atoms with Crippen molar-refractivity contribution in [3.05, 3.63) is 52.3 Å². The maximum atomic E-state index is 12.0. The second kappa shape index (κ2) is 5.90. The summed E-state index contributed by atoms with van der Waals surface area (Å²) in [6.45, 7) is 6.67. The molecule has 1 aromatic heterocycles. The normalized spacial score (nSPS) is 10.6. The predicted molar refractivity (Wildman–Crippen MR) is 79.9 cm³/mol. The van der Waals surface area contributed by atoms with Gasteiger partial charge in [0.1, 0.15) is 0 Å². The molecule has 1 aromatic carbocycles. The lowest BCUT2D eigenvalue weighted by Crippen LogP contribution is -2.26. The number of carbonyl (C=O) groups is 1. The summed E-state index contributed by atoms with van der Waals surface area (Å²) in [6, 6.07) is 7.62. The molecule has 0 atom stereocenters. The maximum absolute atomic E-state index is 12.0. The van der Waals surface area contributed by atoms with Gasteiger partial charge in [-0.3, -0.25) is 9.48 Å². The molecule has 0 aliphatic carbocycles. The Balaban J connectivity index is 1.94. The SMILES string of the molecule is Cc1cccc(C(=O)NCCc2c(C)nn(C)c2C)c1. The molecule has 2 rings (SSSR count). The number of aromatic nitrogens is 2. The van der Waals surface area contributed by atoms with Crippen LogP contribution in [0.5, 0.6) is 0 Å². The molecule has 0 saturated carbocycles. The van der Waals surface area contributed by atoms with Crippen molar-refractivity contribution >= 4 is 5.91 Å². The zero-order valence-electron chi connectivity index (χ0n) is 12.5. The van der Waals surface area contributed by atoms with Gasteiger partial charge in [-0.15, -0.1) is 0 Å². The van der Waals surface area contributed by atoms with Crippen LogP contribution in [0.2, 0.25) is 0 Å². The zero-order valence-corrected chi connectivity index (χ0v) is 12.5. The number of aryl methyl sites for hydroxylation is 3. The van der Waals surface area contributed by atoms with Crippen molar-refractivity contribution in [1.29, 1.82) is 0 Å². The van der Waals surface area contributed by atoms with E-state index in [9.17, 15) is 4.79 Å². The third kappa shape index (κ3) is 3.07. The third-order valence-corrected chi connectivity index (χ3v) is 3.60. The largest absolute Gasteiger partial charge is 0.352 e. The first-order valence-corrected chi connectivity index (χ1v) is 6.83. The Morgan fingerprint density at radius 1 is 1.30 bits per heavy atom. The van der Waals surface area contributed by atoms with Crippen molar-refractivity contribution in [3.8, 4) is 0 Å². The number of nitrogens with one attached hydrogen (secondary N) is 1. The molecule has 0 spiro atoms. The minimum Gasteiger partial charge on any atom is -0.352 e. The van der Waals surface area contributed by atoms with E-state index in [-0.39, 0.29) is 5.91 Å². The minimum atomic E-state index is -0.0205. The molecule has 1 amide bonds. The Bertz CT molecular complexity index is 629. The fourth-order valence-corrected chi connectivity index (χ4v) is 2.37. The number of nitrogens with zero attached hydrogens (tertiary/aromatic N) is 2. The van der Waals surface area contributed by atoms with Crippen molar-refractivity contribution in [3.63, 3.8) is 0 Å². The molecule has 0 radical (unpaired) electrons. The fraction of sp³-hybridized carbons (Fsp3) is 0.375. The van der Waals surface area contributed by atoms with Crippen molar-refractivity contribution in [2.24, 2.45) is 7.05 Å². The summed E-state index contributed by atoms with van der Waals surface area (Å²) in [5.74, 6) is -0.0205. The molecule has 0 aliphatic rings. The van der Waals surface area contributed by atoms with Gasteiger partial charge < -0.3 is 5.32 Å². The standard InChI is InChI=1S/C16H21N3O/c1-11-6-5-7-14(10-11)16(20)17-9-8-15-12(2)18-19(4)13(15)3/h5-7,10H,8-9H2,1-4H3,(H,17,20). The van der Waals surface area contributed by atoms with E-state index in [4.69, 9.17) is 0 Å². The van der Waals surface area contributed by atoms with Gasteiger partial charge in [0.05, 0.1) is 5.69 Å². The Morgan fingerprint density at radius 3 is 2.65 bits per heavy atom. The Morgan fingerprint density at radius 2 is 2.05 bits per heavy atom. The second-order valence-corrected chi connectivity index (χ2v) is 5.15. The summed E-state index contributed by atoms with van der Waals surface area (Å²) >= 11 is 0. The van der Waals surface area contributed by atoms with Crippen LogP contribution in [0.25, 0.3) is 0 Å². The molecule has 106 valence electrons. The van der Waals surface area contributed by atoms with Crippen molar-refractivity contribution in [2.45, 2.75) is 27.2 Å². The third-order valence-electron chi connectivity index (χ3n) is 3.60. The summed E-state index contributed by atoms with van der Waals surface area (Å²) in [4.78, 5) is 12.0. The average molecular weight is 271 g/mol. The van der Waals surface area contributed by atoms with E-state index in [0.29, 0.717) is 12.1 Å². The molecular formula is C16H21N3O. The smallest absolute Gasteiger partial charge is 0.251 e. The Hall–Kier alpha value is -2.10. The van der Waals surface area contributed by atoms with E-state index in [1.807, 2.05) is 49.8 Å². The van der Waals surface area contributed by atoms with Crippen LogP contribution in [0.15, 0.2) is 24.3 Å². The van der Waals surface area contributed by atoms with Crippen LogP contribution in [-0.4, -0.2) is 22.2 Å². The maximum Gasteiger partial charge on any atom is 0.251 e. The number of benzene rings is 1. The molecule has 0 bridgehead atoms. The van der Waals surface area contributed by atoms with Crippen molar-refractivity contribution < 1.29 is 4.79 Å². The lowest BCUT2D eigenvalue weighted by atomic mass is 10.1. The van der Waals surface area contributed by atoms with Crippen LogP contribution >= 0.6 is 0 Å². The van der Waals surface area contributed by atoms with Crippen LogP contribution in [0.1, 0.15) is 32.9 Å². The van der Waals surface area contributed by atoms with E-state index in [1.165, 1.54) is 5.56 Å². The van der Waals surface area contributed by atoms with Crippen molar-refractivity contribution in [2.75, 3.05) is 6.54 Å². The molecule has 1 N–H and O–H groups in total. The summed E-state index contributed by atoms with van der Waals surface area (Å²) in [6.07, 6.45) is 0.809. The highest BCUT2D eigenvalue weighted by molar-refractivity contribution is 5.94. The van der Waals surface area contributed by atoms with E-state index in [2.05, 4.69) is 17.3 Å². The van der Waals surface area contributed by atoms with Gasteiger partial charge >= 0.3 is 0 Å². The van der Waals surface area contributed by atoms with E-state index >= 15 is 0 Å². The number of amides is 1. The first-order valence-electron chi connectivity index (χ1n) is 6.83. The van der Waals surface area contributed by atoms with Gasteiger partial charge in [-0.1, -0.05) is 17.7 Å². The zero-order chi connectivity index (χ0) is 14.7. The van der Waals surface area contributed by atoms with Crippen LogP contribution in [0, 0.1) is 20.8 Å². The van der Waals surface area contributed by atoms with Gasteiger partial charge in [0, 0.05) is 24.8 Å². The summed E-state index contributed by atoms with van der Waals surface area (Å²) in [5, 5.41) is 7.34. The first-order chi connectivity index (χ1) is 9.49. The molecule has 0 aliphatic heterocycles. The summed E-state index contributed by atoms with van der Waals surface area (Å²) in [7, 11) is 1.94. The molecule has 4 heteroatoms. The average Bonchev–Trinajstić information content (AvgIpc) is 2.65. The number of hydrogen-bond acceptors (Lipinski definition) is 2. The van der Waals surface area contributed by atoms with Gasteiger partial charge in [-0.25, -0.2) is 0 Å². The van der Waals surface area contributed by atoms with Crippen LogP contribution < -0.4 is 5.32 Å². The van der Waals surface area contributed by atoms with Gasteiger partial charge in [-0.05, 0) is 44.9 Å². The highest BCUT2D eigenvalue weighted by Gasteiger charge is 2.10. The van der Waals surface area contributed by atoms with Crippen LogP contribution in [-0.2, 0) is 13.5 Å². The van der Waals surface area contributed by atoms with E-state index < -0.39 is 0 Å². The number of carbonyl (C=O) groups excluding carboxylic acids is 1.